The molecular weight excluding hydrogens is 306 g/mol. The molecule has 0 atom stereocenters. The highest BCUT2D eigenvalue weighted by atomic mass is 35.5. The third kappa shape index (κ3) is 3.90. The molecule has 1 N–H and O–H groups in total. The first-order valence-corrected chi connectivity index (χ1v) is 7.48. The molecule has 0 fully saturated rings. The molecule has 0 bridgehead atoms. The van der Waals surface area contributed by atoms with Crippen LogP contribution in [0.1, 0.15) is 13.3 Å². The Hall–Kier alpha value is -1.79. The zero-order chi connectivity index (χ0) is 15.9. The number of nitrogens with zero attached hydrogens (tertiary/aromatic N) is 2. The van der Waals surface area contributed by atoms with Gasteiger partial charge in [-0.15, -0.1) is 0 Å². The van der Waals surface area contributed by atoms with Gasteiger partial charge in [0.05, 0.1) is 19.7 Å². The molecule has 0 aliphatic rings. The molecule has 1 heterocycles. The topological polar surface area (TPSA) is 65.5 Å². The predicted molar refractivity (Wildman–Crippen MR) is 87.3 cm³/mol. The van der Waals surface area contributed by atoms with Crippen LogP contribution in [0.3, 0.4) is 0 Å². The number of fused-ring (bicyclic) bond motifs is 1. The smallest absolute Gasteiger partial charge is 0.224 e. The van der Waals surface area contributed by atoms with E-state index >= 15 is 0 Å². The van der Waals surface area contributed by atoms with Gasteiger partial charge in [-0.1, -0.05) is 0 Å². The summed E-state index contributed by atoms with van der Waals surface area (Å²) in [4.78, 5) is 8.49. The fourth-order valence-corrected chi connectivity index (χ4v) is 2.26. The lowest BCUT2D eigenvalue weighted by molar-refractivity contribution is 0.147. The summed E-state index contributed by atoms with van der Waals surface area (Å²) in [5.74, 6) is 1.90. The monoisotopic (exact) mass is 325 g/mol. The fourth-order valence-electron chi connectivity index (χ4n) is 2.09. The number of methoxy groups -OCH3 is 2. The first-order valence-electron chi connectivity index (χ1n) is 7.10. The van der Waals surface area contributed by atoms with E-state index in [9.17, 15) is 0 Å². The maximum atomic E-state index is 6.00. The maximum absolute atomic E-state index is 6.00. The third-order valence-electron chi connectivity index (χ3n) is 3.14. The highest BCUT2D eigenvalue weighted by Crippen LogP contribution is 2.34. The predicted octanol–water partition coefficient (Wildman–Crippen LogP) is 3.14. The molecule has 0 unspecified atom stereocenters. The summed E-state index contributed by atoms with van der Waals surface area (Å²) in [7, 11) is 3.18. The molecule has 0 amide bonds. The number of halogens is 1. The van der Waals surface area contributed by atoms with Gasteiger partial charge in [0.25, 0.3) is 0 Å². The number of ether oxygens (including phenoxy) is 3. The Morgan fingerprint density at radius 3 is 2.55 bits per heavy atom. The minimum atomic E-state index is 0.187. The zero-order valence-corrected chi connectivity index (χ0v) is 13.7. The number of nitrogens with one attached hydrogen (secondary N) is 1. The van der Waals surface area contributed by atoms with Crippen molar-refractivity contribution >= 4 is 28.3 Å². The fraction of sp³-hybridized carbons (Fsp3) is 0.467. The maximum Gasteiger partial charge on any atom is 0.224 e. The average molecular weight is 326 g/mol. The number of aromatic nitrogens is 2. The van der Waals surface area contributed by atoms with Crippen LogP contribution in [-0.4, -0.2) is 43.9 Å². The van der Waals surface area contributed by atoms with Gasteiger partial charge in [0.15, 0.2) is 11.5 Å². The summed E-state index contributed by atoms with van der Waals surface area (Å²) in [5.41, 5.74) is 0.699. The Morgan fingerprint density at radius 1 is 1.14 bits per heavy atom. The second-order valence-corrected chi connectivity index (χ2v) is 4.88. The standard InChI is InChI=1S/C15H20ClN3O3/c1-4-22-7-5-6-17-14-10-8-12(20-2)13(21-3)9-11(10)18-15(16)19-14/h8-9H,4-7H2,1-3H3,(H,17,18,19). The molecule has 0 saturated carbocycles. The van der Waals surface area contributed by atoms with Gasteiger partial charge in [-0.3, -0.25) is 0 Å². The molecule has 0 radical (unpaired) electrons. The van der Waals surface area contributed by atoms with Crippen molar-refractivity contribution in [3.8, 4) is 11.5 Å². The number of rotatable bonds is 8. The van der Waals surface area contributed by atoms with Crippen LogP contribution in [0.25, 0.3) is 10.9 Å². The molecular formula is C15H20ClN3O3. The van der Waals surface area contributed by atoms with Crippen molar-refractivity contribution in [3.05, 3.63) is 17.4 Å². The highest BCUT2D eigenvalue weighted by molar-refractivity contribution is 6.28. The van der Waals surface area contributed by atoms with Crippen LogP contribution in [0.4, 0.5) is 5.82 Å². The summed E-state index contributed by atoms with van der Waals surface area (Å²) in [5, 5.41) is 4.28. The van der Waals surface area contributed by atoms with E-state index in [1.165, 1.54) is 0 Å². The molecule has 6 nitrogen and oxygen atoms in total. The summed E-state index contributed by atoms with van der Waals surface area (Å²) in [6.45, 7) is 4.14. The van der Waals surface area contributed by atoms with Gasteiger partial charge in [-0.25, -0.2) is 9.97 Å². The highest BCUT2D eigenvalue weighted by Gasteiger charge is 2.12. The van der Waals surface area contributed by atoms with Gasteiger partial charge in [0.2, 0.25) is 5.28 Å². The third-order valence-corrected chi connectivity index (χ3v) is 3.30. The van der Waals surface area contributed by atoms with Crippen LogP contribution >= 0.6 is 11.6 Å². The van der Waals surface area contributed by atoms with E-state index in [0.717, 1.165) is 25.0 Å². The molecule has 0 aliphatic heterocycles. The van der Waals surface area contributed by atoms with E-state index < -0.39 is 0 Å². The van der Waals surface area contributed by atoms with Crippen LogP contribution in [0.2, 0.25) is 5.28 Å². The van der Waals surface area contributed by atoms with Crippen LogP contribution in [0, 0.1) is 0 Å². The Bertz CT molecular complexity index is 637. The van der Waals surface area contributed by atoms with Crippen molar-refractivity contribution in [2.24, 2.45) is 0 Å². The molecule has 0 aliphatic carbocycles. The Morgan fingerprint density at radius 2 is 1.86 bits per heavy atom. The Labute approximate surface area is 134 Å². The van der Waals surface area contributed by atoms with Crippen LogP contribution in [-0.2, 0) is 4.74 Å². The average Bonchev–Trinajstić information content (AvgIpc) is 2.53. The van der Waals surface area contributed by atoms with Crippen molar-refractivity contribution in [2.75, 3.05) is 39.3 Å². The SMILES string of the molecule is CCOCCCNc1nc(Cl)nc2cc(OC)c(OC)cc12. The first kappa shape index (κ1) is 16.6. The minimum absolute atomic E-state index is 0.187. The Balaban J connectivity index is 2.28. The van der Waals surface area contributed by atoms with Crippen molar-refractivity contribution in [2.45, 2.75) is 13.3 Å². The normalized spacial score (nSPS) is 10.7. The number of anilines is 1. The number of hydrogen-bond acceptors (Lipinski definition) is 6. The van der Waals surface area contributed by atoms with Crippen LogP contribution in [0.5, 0.6) is 11.5 Å². The molecule has 120 valence electrons. The van der Waals surface area contributed by atoms with E-state index in [1.54, 1.807) is 20.3 Å². The lowest BCUT2D eigenvalue weighted by atomic mass is 10.2. The molecule has 1 aromatic carbocycles. The van der Waals surface area contributed by atoms with E-state index in [2.05, 4.69) is 15.3 Å². The van der Waals surface area contributed by atoms with Crippen LogP contribution in [0.15, 0.2) is 12.1 Å². The molecule has 2 rings (SSSR count). The zero-order valence-electron chi connectivity index (χ0n) is 13.0. The van der Waals surface area contributed by atoms with Crippen molar-refractivity contribution in [1.82, 2.24) is 9.97 Å². The summed E-state index contributed by atoms with van der Waals surface area (Å²) in [6, 6.07) is 3.63. The van der Waals surface area contributed by atoms with Gasteiger partial charge >= 0.3 is 0 Å². The molecule has 0 spiro atoms. The van der Waals surface area contributed by atoms with E-state index in [0.29, 0.717) is 29.4 Å². The summed E-state index contributed by atoms with van der Waals surface area (Å²) < 4.78 is 15.9. The van der Waals surface area contributed by atoms with Gasteiger partial charge in [-0.05, 0) is 31.0 Å². The molecule has 0 saturated heterocycles. The largest absolute Gasteiger partial charge is 0.493 e. The van der Waals surface area contributed by atoms with E-state index in [-0.39, 0.29) is 5.28 Å². The van der Waals surface area contributed by atoms with Gasteiger partial charge < -0.3 is 19.5 Å². The Kier molecular flexibility index (Phi) is 6.03. The second-order valence-electron chi connectivity index (χ2n) is 4.54. The molecule has 1 aromatic heterocycles. The van der Waals surface area contributed by atoms with Crippen molar-refractivity contribution in [3.63, 3.8) is 0 Å². The lowest BCUT2D eigenvalue weighted by Crippen LogP contribution is -2.08. The number of benzene rings is 1. The molecule has 7 heteroatoms. The van der Waals surface area contributed by atoms with Gasteiger partial charge in [0, 0.05) is 31.2 Å². The lowest BCUT2D eigenvalue weighted by Gasteiger charge is -2.12. The van der Waals surface area contributed by atoms with Crippen molar-refractivity contribution < 1.29 is 14.2 Å². The molecule has 22 heavy (non-hydrogen) atoms. The van der Waals surface area contributed by atoms with Gasteiger partial charge in [-0.2, -0.15) is 0 Å². The summed E-state index contributed by atoms with van der Waals surface area (Å²) >= 11 is 6.00. The number of hydrogen-bond donors (Lipinski definition) is 1. The van der Waals surface area contributed by atoms with E-state index in [4.69, 9.17) is 25.8 Å². The minimum Gasteiger partial charge on any atom is -0.493 e. The van der Waals surface area contributed by atoms with Crippen molar-refractivity contribution in [1.29, 1.82) is 0 Å². The van der Waals surface area contributed by atoms with Crippen LogP contribution < -0.4 is 14.8 Å². The van der Waals surface area contributed by atoms with E-state index in [1.807, 2.05) is 13.0 Å². The first-order chi connectivity index (χ1) is 10.7. The molecule has 2 aromatic rings. The quantitative estimate of drug-likeness (QED) is 0.594. The summed E-state index contributed by atoms with van der Waals surface area (Å²) in [6.07, 6.45) is 0.879. The second kappa shape index (κ2) is 8.00. The van der Waals surface area contributed by atoms with Gasteiger partial charge in [0.1, 0.15) is 5.82 Å².